The largest absolute Gasteiger partial charge is 0.384 e. The maximum Gasteiger partial charge on any atom is 0.255 e. The Hall–Kier alpha value is -3.40. The molecule has 1 aliphatic carbocycles. The summed E-state index contributed by atoms with van der Waals surface area (Å²) in [5.74, 6) is 6.81. The number of aryl methyl sites for hydroxylation is 1. The number of rotatable bonds is 3. The van der Waals surface area contributed by atoms with Crippen LogP contribution in [0.15, 0.2) is 48.8 Å². The second-order valence-electron chi connectivity index (χ2n) is 8.79. The molecule has 2 fully saturated rings. The second kappa shape index (κ2) is 9.46. The van der Waals surface area contributed by atoms with Gasteiger partial charge in [-0.15, -0.1) is 0 Å². The van der Waals surface area contributed by atoms with E-state index < -0.39 is 0 Å². The number of carbonyl (C=O) groups excluding carboxylic acids is 1. The first-order valence-corrected chi connectivity index (χ1v) is 11.9. The first kappa shape index (κ1) is 22.4. The van der Waals surface area contributed by atoms with Crippen molar-refractivity contribution in [3.05, 3.63) is 76.2 Å². The molecule has 3 aromatic rings. The van der Waals surface area contributed by atoms with Crippen LogP contribution in [0.1, 0.15) is 40.0 Å². The topological polar surface area (TPSA) is 75.4 Å². The third-order valence-electron chi connectivity index (χ3n) is 6.43. The maximum atomic E-state index is 13.1. The minimum Gasteiger partial charge on any atom is -0.384 e. The zero-order valence-electron chi connectivity index (χ0n) is 19.1. The van der Waals surface area contributed by atoms with E-state index >= 15 is 0 Å². The van der Waals surface area contributed by atoms with E-state index in [1.54, 1.807) is 18.5 Å². The minimum atomic E-state index is -0.00577. The molecule has 0 radical (unpaired) electrons. The Kier molecular flexibility index (Phi) is 6.23. The van der Waals surface area contributed by atoms with Crippen molar-refractivity contribution >= 4 is 23.3 Å². The van der Waals surface area contributed by atoms with Gasteiger partial charge in [-0.05, 0) is 55.7 Å². The van der Waals surface area contributed by atoms with Crippen molar-refractivity contribution in [2.45, 2.75) is 25.8 Å². The Morgan fingerprint density at radius 3 is 2.53 bits per heavy atom. The molecule has 0 bridgehead atoms. The third kappa shape index (κ3) is 4.77. The lowest BCUT2D eigenvalue weighted by Gasteiger charge is -2.35. The molecule has 5 rings (SSSR count). The fourth-order valence-corrected chi connectivity index (χ4v) is 4.60. The fourth-order valence-electron chi connectivity index (χ4n) is 4.33. The van der Waals surface area contributed by atoms with Crippen molar-refractivity contribution in [2.75, 3.05) is 31.9 Å². The summed E-state index contributed by atoms with van der Waals surface area (Å²) in [7, 11) is 0. The molecule has 7 heteroatoms. The quantitative estimate of drug-likeness (QED) is 0.584. The van der Waals surface area contributed by atoms with Gasteiger partial charge in [0.2, 0.25) is 0 Å². The van der Waals surface area contributed by atoms with Crippen molar-refractivity contribution < 1.29 is 4.79 Å². The molecule has 3 heterocycles. The predicted octanol–water partition coefficient (Wildman–Crippen LogP) is 4.01. The SMILES string of the molecule is Cc1nccc(-c2ccc(C(=O)N3CCN(C4CC4)CC3)c(Cl)c2)c1C#Cc1ccc(N)nc1. The van der Waals surface area contributed by atoms with E-state index in [2.05, 4.69) is 26.7 Å². The number of hydrogen-bond acceptors (Lipinski definition) is 5. The molecule has 1 aliphatic heterocycles. The molecule has 34 heavy (non-hydrogen) atoms. The molecule has 0 atom stereocenters. The van der Waals surface area contributed by atoms with E-state index in [0.717, 1.165) is 60.2 Å². The van der Waals surface area contributed by atoms with Crippen LogP contribution < -0.4 is 5.73 Å². The van der Waals surface area contributed by atoms with Gasteiger partial charge in [0, 0.05) is 55.7 Å². The number of aromatic nitrogens is 2. The Bertz CT molecular complexity index is 1280. The van der Waals surface area contributed by atoms with Crippen LogP contribution in [0.2, 0.25) is 5.02 Å². The summed E-state index contributed by atoms with van der Waals surface area (Å²) in [5, 5.41) is 0.447. The minimum absolute atomic E-state index is 0.00577. The van der Waals surface area contributed by atoms with Crippen LogP contribution in [-0.2, 0) is 0 Å². The number of benzene rings is 1. The second-order valence-corrected chi connectivity index (χ2v) is 9.20. The van der Waals surface area contributed by atoms with Crippen molar-refractivity contribution in [1.82, 2.24) is 19.8 Å². The number of amides is 1. The summed E-state index contributed by atoms with van der Waals surface area (Å²) < 4.78 is 0. The normalized spacial score (nSPS) is 16.1. The van der Waals surface area contributed by atoms with Crippen molar-refractivity contribution in [1.29, 1.82) is 0 Å². The number of piperazine rings is 1. The molecule has 0 unspecified atom stereocenters. The average molecular weight is 472 g/mol. The zero-order valence-corrected chi connectivity index (χ0v) is 19.8. The fraction of sp³-hybridized carbons (Fsp3) is 0.296. The standard InChI is InChI=1S/C27H26ClN5O/c1-18-22(7-2-19-3-9-26(29)31-17-19)23(10-11-30-18)20-4-8-24(25(28)16-20)27(34)33-14-12-32(13-15-33)21-5-6-21/h3-4,8-11,16-17,21H,5-6,12-15H2,1H3,(H2,29,31). The Morgan fingerprint density at radius 2 is 1.85 bits per heavy atom. The van der Waals surface area contributed by atoms with Crippen LogP contribution >= 0.6 is 11.6 Å². The van der Waals surface area contributed by atoms with Crippen molar-refractivity contribution in [2.24, 2.45) is 0 Å². The Labute approximate surface area is 204 Å². The van der Waals surface area contributed by atoms with Gasteiger partial charge in [0.15, 0.2) is 0 Å². The number of nitrogens with zero attached hydrogens (tertiary/aromatic N) is 4. The summed E-state index contributed by atoms with van der Waals surface area (Å²) >= 11 is 6.63. The summed E-state index contributed by atoms with van der Waals surface area (Å²) in [6.07, 6.45) is 5.99. The van der Waals surface area contributed by atoms with E-state index in [-0.39, 0.29) is 5.91 Å². The average Bonchev–Trinajstić information content (AvgIpc) is 3.69. The van der Waals surface area contributed by atoms with Gasteiger partial charge in [-0.3, -0.25) is 14.7 Å². The summed E-state index contributed by atoms with van der Waals surface area (Å²) in [6.45, 7) is 5.30. The smallest absolute Gasteiger partial charge is 0.255 e. The van der Waals surface area contributed by atoms with E-state index in [0.29, 0.717) is 16.4 Å². The molecule has 2 aromatic heterocycles. The van der Waals surface area contributed by atoms with Crippen LogP contribution in [0.4, 0.5) is 5.82 Å². The van der Waals surface area contributed by atoms with Crippen LogP contribution in [0, 0.1) is 18.8 Å². The summed E-state index contributed by atoms with van der Waals surface area (Å²) in [5.41, 5.74) is 10.4. The molecule has 1 aromatic carbocycles. The Balaban J connectivity index is 1.39. The number of pyridine rings is 2. The van der Waals surface area contributed by atoms with Gasteiger partial charge in [-0.1, -0.05) is 29.5 Å². The van der Waals surface area contributed by atoms with E-state index in [1.165, 1.54) is 12.8 Å². The first-order chi connectivity index (χ1) is 16.5. The van der Waals surface area contributed by atoms with Gasteiger partial charge in [0.1, 0.15) is 5.82 Å². The molecule has 172 valence electrons. The zero-order chi connectivity index (χ0) is 23.7. The highest BCUT2D eigenvalue weighted by atomic mass is 35.5. The van der Waals surface area contributed by atoms with Gasteiger partial charge in [0.25, 0.3) is 5.91 Å². The van der Waals surface area contributed by atoms with Gasteiger partial charge in [0.05, 0.1) is 21.8 Å². The predicted molar refractivity (Wildman–Crippen MR) is 135 cm³/mol. The number of carbonyl (C=O) groups is 1. The molecule has 2 aliphatic rings. The van der Waals surface area contributed by atoms with Crippen molar-refractivity contribution in [3.8, 4) is 23.0 Å². The molecule has 1 saturated carbocycles. The van der Waals surface area contributed by atoms with Gasteiger partial charge in [-0.2, -0.15) is 0 Å². The number of nitrogen functional groups attached to an aromatic ring is 1. The van der Waals surface area contributed by atoms with E-state index in [4.69, 9.17) is 17.3 Å². The summed E-state index contributed by atoms with van der Waals surface area (Å²) in [4.78, 5) is 26.0. The molecular weight excluding hydrogens is 446 g/mol. The first-order valence-electron chi connectivity index (χ1n) is 11.5. The molecule has 1 amide bonds. The monoisotopic (exact) mass is 471 g/mol. The highest BCUT2D eigenvalue weighted by Gasteiger charge is 2.32. The van der Waals surface area contributed by atoms with E-state index in [1.807, 2.05) is 42.2 Å². The third-order valence-corrected chi connectivity index (χ3v) is 6.75. The van der Waals surface area contributed by atoms with Crippen LogP contribution in [0.25, 0.3) is 11.1 Å². The highest BCUT2D eigenvalue weighted by molar-refractivity contribution is 6.34. The molecular formula is C27H26ClN5O. The number of nitrogens with two attached hydrogens (primary N) is 1. The number of anilines is 1. The van der Waals surface area contributed by atoms with Gasteiger partial charge < -0.3 is 10.6 Å². The lowest BCUT2D eigenvalue weighted by molar-refractivity contribution is 0.0627. The van der Waals surface area contributed by atoms with Crippen molar-refractivity contribution in [3.63, 3.8) is 0 Å². The summed E-state index contributed by atoms with van der Waals surface area (Å²) in [6, 6.07) is 11.8. The number of hydrogen-bond donors (Lipinski definition) is 1. The van der Waals surface area contributed by atoms with Crippen LogP contribution in [0.5, 0.6) is 0 Å². The lowest BCUT2D eigenvalue weighted by atomic mass is 9.98. The van der Waals surface area contributed by atoms with Crippen LogP contribution in [0.3, 0.4) is 0 Å². The van der Waals surface area contributed by atoms with E-state index in [9.17, 15) is 4.79 Å². The van der Waals surface area contributed by atoms with Crippen LogP contribution in [-0.4, -0.2) is 57.9 Å². The lowest BCUT2D eigenvalue weighted by Crippen LogP contribution is -2.49. The van der Waals surface area contributed by atoms with Gasteiger partial charge >= 0.3 is 0 Å². The molecule has 0 spiro atoms. The Morgan fingerprint density at radius 1 is 1.06 bits per heavy atom. The molecule has 2 N–H and O–H groups in total. The highest BCUT2D eigenvalue weighted by Crippen LogP contribution is 2.31. The van der Waals surface area contributed by atoms with Gasteiger partial charge in [-0.25, -0.2) is 4.98 Å². The molecule has 1 saturated heterocycles. The number of halogens is 1. The maximum absolute atomic E-state index is 13.1. The molecule has 6 nitrogen and oxygen atoms in total.